The van der Waals surface area contributed by atoms with Crippen LogP contribution in [0.5, 0.6) is 0 Å². The molecular formula is C26H30ClN7O2. The van der Waals surface area contributed by atoms with E-state index in [1.54, 1.807) is 6.20 Å². The number of nitrogens with zero attached hydrogens (tertiary/aromatic N) is 5. The third kappa shape index (κ3) is 3.80. The third-order valence-corrected chi connectivity index (χ3v) is 8.02. The van der Waals surface area contributed by atoms with Gasteiger partial charge in [-0.15, -0.1) is 0 Å². The average Bonchev–Trinajstić information content (AvgIpc) is 3.49. The standard InChI is InChI=1S/C26H30ClN7O2/c1-4-36-26(35)19-14-5-7-15(8-6-14)20(19)29-23-17-9-10-34(13(2)3)25(17)31-24(30-23)21-18-11-16(27)12-28-22(18)33-32-21/h9-15,19-20H,4-8H2,1-3H3,(H,28,32,33)(H,29,30,31)/t14?,15?,19-,20+/m0/s1. The number of hydrogen-bond acceptors (Lipinski definition) is 7. The molecule has 4 aromatic heterocycles. The lowest BCUT2D eigenvalue weighted by Crippen LogP contribution is -2.52. The Kier molecular flexibility index (Phi) is 5.82. The Morgan fingerprint density at radius 1 is 1.22 bits per heavy atom. The summed E-state index contributed by atoms with van der Waals surface area (Å²) in [6.07, 6.45) is 7.99. The lowest BCUT2D eigenvalue weighted by molar-refractivity contribution is -0.154. The van der Waals surface area contributed by atoms with Crippen LogP contribution in [0.1, 0.15) is 52.5 Å². The topological polar surface area (TPSA) is 111 Å². The molecule has 0 radical (unpaired) electrons. The van der Waals surface area contributed by atoms with E-state index < -0.39 is 0 Å². The number of H-pyrrole nitrogens is 1. The van der Waals surface area contributed by atoms with E-state index in [0.29, 0.717) is 40.6 Å². The van der Waals surface area contributed by atoms with Crippen molar-refractivity contribution in [3.8, 4) is 11.5 Å². The second-order valence-electron chi connectivity index (χ2n) is 10.2. The number of anilines is 1. The van der Waals surface area contributed by atoms with Gasteiger partial charge in [0.2, 0.25) is 0 Å². The molecule has 0 aliphatic heterocycles. The first-order valence-electron chi connectivity index (χ1n) is 12.8. The van der Waals surface area contributed by atoms with Crippen LogP contribution in [0.4, 0.5) is 5.82 Å². The van der Waals surface area contributed by atoms with E-state index in [4.69, 9.17) is 26.3 Å². The number of carbonyl (C=O) groups excluding carboxylic acids is 1. The molecule has 3 aliphatic rings. The van der Waals surface area contributed by atoms with Crippen LogP contribution in [0, 0.1) is 17.8 Å². The summed E-state index contributed by atoms with van der Waals surface area (Å²) < 4.78 is 7.65. The number of carbonyl (C=O) groups is 1. The monoisotopic (exact) mass is 507 g/mol. The number of hydrogen-bond donors (Lipinski definition) is 2. The van der Waals surface area contributed by atoms with E-state index in [9.17, 15) is 4.79 Å². The largest absolute Gasteiger partial charge is 0.466 e. The van der Waals surface area contributed by atoms with Crippen molar-refractivity contribution in [2.45, 2.75) is 58.5 Å². The van der Waals surface area contributed by atoms with Crippen LogP contribution in [0.2, 0.25) is 5.02 Å². The molecule has 36 heavy (non-hydrogen) atoms. The number of rotatable bonds is 6. The number of esters is 1. The van der Waals surface area contributed by atoms with Gasteiger partial charge in [0.1, 0.15) is 17.2 Å². The van der Waals surface area contributed by atoms with Crippen molar-refractivity contribution >= 4 is 45.5 Å². The molecule has 3 saturated carbocycles. The first-order chi connectivity index (χ1) is 17.4. The van der Waals surface area contributed by atoms with Crippen LogP contribution >= 0.6 is 11.6 Å². The zero-order chi connectivity index (χ0) is 25.0. The predicted octanol–water partition coefficient (Wildman–Crippen LogP) is 5.38. The van der Waals surface area contributed by atoms with Gasteiger partial charge in [0.25, 0.3) is 0 Å². The van der Waals surface area contributed by atoms with Crippen molar-refractivity contribution in [2.24, 2.45) is 17.8 Å². The number of fused-ring (bicyclic) bond motifs is 5. The molecule has 3 aliphatic carbocycles. The zero-order valence-corrected chi connectivity index (χ0v) is 21.4. The van der Waals surface area contributed by atoms with Gasteiger partial charge < -0.3 is 14.6 Å². The molecule has 10 heteroatoms. The molecule has 188 valence electrons. The summed E-state index contributed by atoms with van der Waals surface area (Å²) in [6.45, 7) is 6.51. The van der Waals surface area contributed by atoms with Crippen molar-refractivity contribution in [3.05, 3.63) is 29.5 Å². The molecule has 0 amide bonds. The van der Waals surface area contributed by atoms with Crippen LogP contribution in [-0.2, 0) is 9.53 Å². The highest BCUT2D eigenvalue weighted by atomic mass is 35.5. The number of pyridine rings is 1. The second-order valence-corrected chi connectivity index (χ2v) is 10.6. The fourth-order valence-corrected chi connectivity index (χ4v) is 6.27. The zero-order valence-electron chi connectivity index (χ0n) is 20.7. The van der Waals surface area contributed by atoms with E-state index >= 15 is 0 Å². The third-order valence-electron chi connectivity index (χ3n) is 7.81. The summed E-state index contributed by atoms with van der Waals surface area (Å²) in [6, 6.07) is 4.05. The molecule has 9 nitrogen and oxygen atoms in total. The molecule has 0 unspecified atom stereocenters. The van der Waals surface area contributed by atoms with E-state index in [-0.39, 0.29) is 24.0 Å². The van der Waals surface area contributed by atoms with E-state index in [1.807, 2.05) is 25.3 Å². The van der Waals surface area contributed by atoms with Crippen molar-refractivity contribution in [2.75, 3.05) is 11.9 Å². The SMILES string of the molecule is CCOC(=O)[C@H]1C2CCC(CC2)[C@H]1Nc1nc(-c2[nH]nc3ncc(Cl)cc23)nc2c1ccn2C(C)C. The van der Waals surface area contributed by atoms with Gasteiger partial charge in [0.05, 0.1) is 28.3 Å². The lowest BCUT2D eigenvalue weighted by atomic mass is 9.61. The summed E-state index contributed by atoms with van der Waals surface area (Å²) in [4.78, 5) is 27.3. The Labute approximate surface area is 214 Å². The molecule has 4 heterocycles. The summed E-state index contributed by atoms with van der Waals surface area (Å²) in [5, 5.41) is 13.3. The molecule has 7 rings (SSSR count). The minimum Gasteiger partial charge on any atom is -0.466 e. The Morgan fingerprint density at radius 3 is 2.75 bits per heavy atom. The maximum atomic E-state index is 13.0. The number of nitrogens with one attached hydrogen (secondary N) is 2. The van der Waals surface area contributed by atoms with Gasteiger partial charge in [-0.2, -0.15) is 5.10 Å². The molecule has 2 N–H and O–H groups in total. The molecule has 0 aromatic carbocycles. The van der Waals surface area contributed by atoms with Crippen molar-refractivity contribution < 1.29 is 9.53 Å². The number of ether oxygens (including phenoxy) is 1. The lowest BCUT2D eigenvalue weighted by Gasteiger charge is -2.47. The number of aromatic nitrogens is 6. The minimum atomic E-state index is -0.172. The Hall–Kier alpha value is -3.20. The van der Waals surface area contributed by atoms with E-state index in [1.165, 1.54) is 0 Å². The van der Waals surface area contributed by atoms with Crippen molar-refractivity contribution in [3.63, 3.8) is 0 Å². The van der Waals surface area contributed by atoms with Crippen LogP contribution in [0.25, 0.3) is 33.6 Å². The predicted molar refractivity (Wildman–Crippen MR) is 139 cm³/mol. The van der Waals surface area contributed by atoms with Crippen LogP contribution < -0.4 is 5.32 Å². The van der Waals surface area contributed by atoms with Gasteiger partial charge in [-0.1, -0.05) is 11.6 Å². The molecule has 0 saturated heterocycles. The highest BCUT2D eigenvalue weighted by Gasteiger charge is 2.48. The normalized spacial score (nSPS) is 23.6. The maximum Gasteiger partial charge on any atom is 0.311 e. The van der Waals surface area contributed by atoms with Gasteiger partial charge in [-0.25, -0.2) is 15.0 Å². The Bertz CT molecular complexity index is 1440. The van der Waals surface area contributed by atoms with Gasteiger partial charge in [-0.3, -0.25) is 9.89 Å². The van der Waals surface area contributed by atoms with Crippen molar-refractivity contribution in [1.82, 2.24) is 29.7 Å². The Balaban J connectivity index is 1.48. The number of aromatic amines is 1. The van der Waals surface area contributed by atoms with Crippen LogP contribution in [0.3, 0.4) is 0 Å². The Morgan fingerprint density at radius 2 is 2.00 bits per heavy atom. The van der Waals surface area contributed by atoms with Crippen LogP contribution in [-0.4, -0.2) is 48.3 Å². The van der Waals surface area contributed by atoms with Crippen molar-refractivity contribution in [1.29, 1.82) is 0 Å². The molecule has 3 fully saturated rings. The highest BCUT2D eigenvalue weighted by molar-refractivity contribution is 6.31. The van der Waals surface area contributed by atoms with Gasteiger partial charge >= 0.3 is 5.97 Å². The summed E-state index contributed by atoms with van der Waals surface area (Å²) >= 11 is 6.24. The van der Waals surface area contributed by atoms with Gasteiger partial charge in [0.15, 0.2) is 11.5 Å². The summed E-state index contributed by atoms with van der Waals surface area (Å²) in [5.74, 6) is 1.70. The quantitative estimate of drug-likeness (QED) is 0.337. The molecule has 2 bridgehead atoms. The summed E-state index contributed by atoms with van der Waals surface area (Å²) in [5.41, 5.74) is 2.04. The highest BCUT2D eigenvalue weighted by Crippen LogP contribution is 2.47. The minimum absolute atomic E-state index is 0.0282. The van der Waals surface area contributed by atoms with Gasteiger partial charge in [0, 0.05) is 24.5 Å². The molecule has 4 aromatic rings. The first-order valence-corrected chi connectivity index (χ1v) is 13.1. The average molecular weight is 508 g/mol. The fraction of sp³-hybridized carbons (Fsp3) is 0.500. The summed E-state index contributed by atoms with van der Waals surface area (Å²) in [7, 11) is 0. The second kappa shape index (κ2) is 9.03. The fourth-order valence-electron chi connectivity index (χ4n) is 6.11. The van der Waals surface area contributed by atoms with Gasteiger partial charge in [-0.05, 0) is 70.4 Å². The first kappa shape index (κ1) is 23.2. The molecule has 2 atom stereocenters. The number of halogens is 1. The maximum absolute atomic E-state index is 13.0. The van der Waals surface area contributed by atoms with E-state index in [2.05, 4.69) is 38.9 Å². The van der Waals surface area contributed by atoms with Crippen LogP contribution in [0.15, 0.2) is 24.5 Å². The molecular weight excluding hydrogens is 478 g/mol. The molecule has 0 spiro atoms. The smallest absolute Gasteiger partial charge is 0.311 e. The van der Waals surface area contributed by atoms with E-state index in [0.717, 1.165) is 47.9 Å².